The predicted molar refractivity (Wildman–Crippen MR) is 83.3 cm³/mol. The van der Waals surface area contributed by atoms with Crippen LogP contribution in [0.4, 0.5) is 5.69 Å². The summed E-state index contributed by atoms with van der Waals surface area (Å²) in [5.74, 6) is -1.72. The van der Waals surface area contributed by atoms with E-state index in [1.807, 2.05) is 6.08 Å². The van der Waals surface area contributed by atoms with Crippen LogP contribution in [0.15, 0.2) is 30.4 Å². The molecule has 0 aromatic heterocycles. The highest BCUT2D eigenvalue weighted by atomic mass is 16.5. The number of methoxy groups -OCH3 is 2. The first-order valence-corrected chi connectivity index (χ1v) is 7.64. The number of nitrogens with zero attached hydrogens (tertiary/aromatic N) is 1. The normalized spacial score (nSPS) is 33.0. The monoisotopic (exact) mass is 331 g/mol. The van der Waals surface area contributed by atoms with E-state index in [2.05, 4.69) is 0 Å². The zero-order valence-corrected chi connectivity index (χ0v) is 13.3. The first-order valence-electron chi connectivity index (χ1n) is 7.64. The Balaban J connectivity index is 1.74. The van der Waals surface area contributed by atoms with Crippen LogP contribution in [0.5, 0.6) is 11.5 Å². The van der Waals surface area contributed by atoms with Gasteiger partial charge in [-0.05, 0) is 12.1 Å². The average Bonchev–Trinajstić information content (AvgIpc) is 3.22. The highest BCUT2D eigenvalue weighted by Gasteiger charge is 2.67. The highest BCUT2D eigenvalue weighted by Crippen LogP contribution is 2.53. The Morgan fingerprint density at radius 1 is 1.38 bits per heavy atom. The van der Waals surface area contributed by atoms with Crippen molar-refractivity contribution in [1.82, 2.24) is 0 Å². The topological polar surface area (TPSA) is 85.3 Å². The number of benzene rings is 1. The maximum atomic E-state index is 13.0. The summed E-state index contributed by atoms with van der Waals surface area (Å²) in [5.41, 5.74) is -0.285. The second-order valence-electron chi connectivity index (χ2n) is 6.20. The molecule has 1 aromatic carbocycles. The number of fused-ring (bicyclic) bond motifs is 1. The molecule has 1 amide bonds. The number of carboxylic acids is 1. The van der Waals surface area contributed by atoms with E-state index in [0.717, 1.165) is 0 Å². The van der Waals surface area contributed by atoms with E-state index in [1.54, 1.807) is 36.3 Å². The maximum Gasteiger partial charge on any atom is 0.310 e. The molecule has 1 spiro atoms. The summed E-state index contributed by atoms with van der Waals surface area (Å²) in [5, 5.41) is 9.50. The number of ether oxygens (including phenoxy) is 3. The molecule has 1 N–H and O–H groups in total. The fourth-order valence-corrected chi connectivity index (χ4v) is 3.99. The molecule has 2 saturated heterocycles. The average molecular weight is 331 g/mol. The molecule has 7 nitrogen and oxygen atoms in total. The number of carbonyl (C=O) groups excluding carboxylic acids is 1. The number of rotatable bonds is 4. The van der Waals surface area contributed by atoms with Crippen LogP contribution < -0.4 is 14.4 Å². The molecule has 0 radical (unpaired) electrons. The Hall–Kier alpha value is -2.54. The van der Waals surface area contributed by atoms with Crippen LogP contribution in [-0.2, 0) is 14.3 Å². The summed E-state index contributed by atoms with van der Waals surface area (Å²) >= 11 is 0. The molecule has 2 bridgehead atoms. The number of anilines is 1. The Morgan fingerprint density at radius 2 is 2.17 bits per heavy atom. The van der Waals surface area contributed by atoms with Crippen molar-refractivity contribution in [2.45, 2.75) is 11.7 Å². The maximum absolute atomic E-state index is 13.0. The van der Waals surface area contributed by atoms with Gasteiger partial charge >= 0.3 is 5.97 Å². The van der Waals surface area contributed by atoms with E-state index < -0.39 is 29.5 Å². The van der Waals surface area contributed by atoms with Gasteiger partial charge in [0.2, 0.25) is 5.91 Å². The number of carbonyl (C=O) groups is 2. The summed E-state index contributed by atoms with van der Waals surface area (Å²) in [7, 11) is 3.06. The molecule has 126 valence electrons. The zero-order chi connectivity index (χ0) is 17.1. The van der Waals surface area contributed by atoms with Gasteiger partial charge in [0.1, 0.15) is 23.0 Å². The SMILES string of the molecule is COc1ccc(N2C[C@@]34C=C[C@H](O3)[C@H](C(=O)O)[C@H]4C2=O)c(OC)c1. The van der Waals surface area contributed by atoms with Gasteiger partial charge < -0.3 is 24.2 Å². The van der Waals surface area contributed by atoms with Crippen molar-refractivity contribution in [1.29, 1.82) is 0 Å². The number of hydrogen-bond acceptors (Lipinski definition) is 5. The van der Waals surface area contributed by atoms with Gasteiger partial charge in [0.15, 0.2) is 0 Å². The summed E-state index contributed by atoms with van der Waals surface area (Å²) in [4.78, 5) is 26.1. The quantitative estimate of drug-likeness (QED) is 0.831. The largest absolute Gasteiger partial charge is 0.497 e. The fraction of sp³-hybridized carbons (Fsp3) is 0.412. The van der Waals surface area contributed by atoms with Crippen molar-refractivity contribution < 1.29 is 28.9 Å². The minimum absolute atomic E-state index is 0.252. The molecule has 4 atom stereocenters. The van der Waals surface area contributed by atoms with Gasteiger partial charge in [-0.15, -0.1) is 0 Å². The van der Waals surface area contributed by atoms with Crippen molar-refractivity contribution in [2.75, 3.05) is 25.7 Å². The lowest BCUT2D eigenvalue weighted by Crippen LogP contribution is -2.39. The molecule has 3 aliphatic rings. The van der Waals surface area contributed by atoms with Gasteiger partial charge in [0.05, 0.1) is 38.5 Å². The minimum atomic E-state index is -1.01. The second kappa shape index (κ2) is 4.98. The van der Waals surface area contributed by atoms with Crippen LogP contribution in [0.3, 0.4) is 0 Å². The van der Waals surface area contributed by atoms with E-state index in [-0.39, 0.29) is 12.5 Å². The molecule has 4 rings (SSSR count). The van der Waals surface area contributed by atoms with Crippen LogP contribution >= 0.6 is 0 Å². The Labute approximate surface area is 138 Å². The van der Waals surface area contributed by atoms with Gasteiger partial charge in [0, 0.05) is 6.07 Å². The zero-order valence-electron chi connectivity index (χ0n) is 13.3. The third kappa shape index (κ3) is 1.81. The van der Waals surface area contributed by atoms with Crippen molar-refractivity contribution in [3.05, 3.63) is 30.4 Å². The van der Waals surface area contributed by atoms with E-state index in [4.69, 9.17) is 14.2 Å². The molecule has 3 aliphatic heterocycles. The minimum Gasteiger partial charge on any atom is -0.497 e. The molecule has 0 saturated carbocycles. The predicted octanol–water partition coefficient (Wildman–Crippen LogP) is 1.07. The molecule has 3 heterocycles. The molecule has 7 heteroatoms. The standard InChI is InChI=1S/C17H17NO6/c1-22-9-3-4-10(12(7-9)23-2)18-8-17-6-5-11(24-17)13(16(20)21)14(17)15(18)19/h3-7,11,13-14H,8H2,1-2H3,(H,20,21)/t11-,13-,14-,17+/m0/s1. The van der Waals surface area contributed by atoms with Crippen molar-refractivity contribution in [2.24, 2.45) is 11.8 Å². The van der Waals surface area contributed by atoms with Crippen LogP contribution in [0.25, 0.3) is 0 Å². The molecular weight excluding hydrogens is 314 g/mol. The molecule has 1 aromatic rings. The first-order chi connectivity index (χ1) is 11.5. The van der Waals surface area contributed by atoms with Crippen molar-refractivity contribution in [3.63, 3.8) is 0 Å². The van der Waals surface area contributed by atoms with Crippen molar-refractivity contribution in [3.8, 4) is 11.5 Å². The highest BCUT2D eigenvalue weighted by molar-refractivity contribution is 6.03. The summed E-state index contributed by atoms with van der Waals surface area (Å²) in [6.07, 6.45) is 3.05. The lowest BCUT2D eigenvalue weighted by molar-refractivity contribution is -0.146. The molecule has 24 heavy (non-hydrogen) atoms. The lowest BCUT2D eigenvalue weighted by Gasteiger charge is -2.23. The van der Waals surface area contributed by atoms with Gasteiger partial charge in [-0.25, -0.2) is 0 Å². The number of aliphatic carboxylic acids is 1. The lowest BCUT2D eigenvalue weighted by atomic mass is 9.77. The number of carboxylic acid groups (broad SMARTS) is 1. The van der Waals surface area contributed by atoms with Crippen LogP contribution in [0, 0.1) is 11.8 Å². The van der Waals surface area contributed by atoms with Crippen LogP contribution in [0.1, 0.15) is 0 Å². The number of hydrogen-bond donors (Lipinski definition) is 1. The Kier molecular flexibility index (Phi) is 3.11. The van der Waals surface area contributed by atoms with E-state index in [1.165, 1.54) is 7.11 Å². The third-order valence-corrected chi connectivity index (χ3v) is 5.06. The summed E-state index contributed by atoms with van der Waals surface area (Å²) < 4.78 is 16.4. The van der Waals surface area contributed by atoms with Gasteiger partial charge in [-0.1, -0.05) is 12.2 Å². The van der Waals surface area contributed by atoms with Gasteiger partial charge in [-0.2, -0.15) is 0 Å². The summed E-state index contributed by atoms with van der Waals surface area (Å²) in [6, 6.07) is 5.16. The molecule has 0 aliphatic carbocycles. The molecule has 0 unspecified atom stereocenters. The van der Waals surface area contributed by atoms with Crippen molar-refractivity contribution >= 4 is 17.6 Å². The van der Waals surface area contributed by atoms with Gasteiger partial charge in [0.25, 0.3) is 0 Å². The molecular formula is C17H17NO6. The van der Waals surface area contributed by atoms with E-state index in [9.17, 15) is 14.7 Å². The summed E-state index contributed by atoms with van der Waals surface area (Å²) in [6.45, 7) is 0.274. The third-order valence-electron chi connectivity index (χ3n) is 5.06. The van der Waals surface area contributed by atoms with Gasteiger partial charge in [-0.3, -0.25) is 9.59 Å². The Bertz CT molecular complexity index is 759. The number of amides is 1. The second-order valence-corrected chi connectivity index (χ2v) is 6.20. The Morgan fingerprint density at radius 3 is 2.83 bits per heavy atom. The fourth-order valence-electron chi connectivity index (χ4n) is 3.99. The first kappa shape index (κ1) is 15.0. The smallest absolute Gasteiger partial charge is 0.310 e. The molecule has 2 fully saturated rings. The van der Waals surface area contributed by atoms with E-state index in [0.29, 0.717) is 17.2 Å². The van der Waals surface area contributed by atoms with Crippen LogP contribution in [0.2, 0.25) is 0 Å². The van der Waals surface area contributed by atoms with E-state index >= 15 is 0 Å². The van der Waals surface area contributed by atoms with Crippen LogP contribution in [-0.4, -0.2) is 49.5 Å².